The number of guanidine groups is 1. The second kappa shape index (κ2) is 9.90. The van der Waals surface area contributed by atoms with Crippen molar-refractivity contribution < 1.29 is 0 Å². The quantitative estimate of drug-likeness (QED) is 0.608. The second-order valence-electron chi connectivity index (χ2n) is 6.91. The Morgan fingerprint density at radius 2 is 2.04 bits per heavy atom. The molecule has 1 aliphatic rings. The van der Waals surface area contributed by atoms with Crippen LogP contribution in [0.5, 0.6) is 0 Å². The van der Waals surface area contributed by atoms with Gasteiger partial charge in [-0.25, -0.2) is 4.98 Å². The Kier molecular flexibility index (Phi) is 7.02. The lowest BCUT2D eigenvalue weighted by Gasteiger charge is -2.33. The lowest BCUT2D eigenvalue weighted by molar-refractivity contribution is 0.459. The van der Waals surface area contributed by atoms with Crippen molar-refractivity contribution >= 4 is 11.8 Å². The fraction of sp³-hybridized carbons (Fsp3) is 0.476. The van der Waals surface area contributed by atoms with Gasteiger partial charge < -0.3 is 15.5 Å². The van der Waals surface area contributed by atoms with Crippen LogP contribution in [0.25, 0.3) is 0 Å². The highest BCUT2D eigenvalue weighted by Crippen LogP contribution is 2.17. The summed E-state index contributed by atoms with van der Waals surface area (Å²) >= 11 is 0. The van der Waals surface area contributed by atoms with Crippen LogP contribution in [0.3, 0.4) is 0 Å². The van der Waals surface area contributed by atoms with Crippen LogP contribution in [0, 0.1) is 6.92 Å². The Morgan fingerprint density at radius 3 is 2.70 bits per heavy atom. The van der Waals surface area contributed by atoms with Crippen LogP contribution in [0.4, 0.5) is 5.82 Å². The minimum Gasteiger partial charge on any atom is -0.357 e. The summed E-state index contributed by atoms with van der Waals surface area (Å²) < 4.78 is 0. The first-order valence-electron chi connectivity index (χ1n) is 9.87. The van der Waals surface area contributed by atoms with Gasteiger partial charge in [0.05, 0.1) is 0 Å². The number of aliphatic imine (C=N–C) groups is 1. The van der Waals surface area contributed by atoms with E-state index in [-0.39, 0.29) is 0 Å². The van der Waals surface area contributed by atoms with Gasteiger partial charge in [0, 0.05) is 50.3 Å². The van der Waals surface area contributed by atoms with Crippen molar-refractivity contribution in [3.05, 3.63) is 54.0 Å². The molecular formula is C21H30N6. The number of aromatic nitrogens is 2. The molecule has 0 spiro atoms. The minimum atomic E-state index is 0.448. The van der Waals surface area contributed by atoms with E-state index < -0.39 is 0 Å². The minimum absolute atomic E-state index is 0.448. The first-order valence-corrected chi connectivity index (χ1v) is 9.87. The van der Waals surface area contributed by atoms with Crippen molar-refractivity contribution in [2.24, 2.45) is 4.99 Å². The van der Waals surface area contributed by atoms with E-state index in [9.17, 15) is 0 Å². The van der Waals surface area contributed by atoms with Crippen LogP contribution in [0.15, 0.2) is 47.7 Å². The topological polar surface area (TPSA) is 65.4 Å². The van der Waals surface area contributed by atoms with Crippen molar-refractivity contribution in [1.82, 2.24) is 20.6 Å². The number of hydrogen-bond donors (Lipinski definition) is 2. The Bertz CT molecular complexity index is 705. The van der Waals surface area contributed by atoms with Crippen molar-refractivity contribution in [3.8, 4) is 0 Å². The highest BCUT2D eigenvalue weighted by molar-refractivity contribution is 5.80. The number of piperidine rings is 1. The van der Waals surface area contributed by atoms with Crippen LogP contribution in [-0.4, -0.2) is 48.1 Å². The molecule has 0 amide bonds. The summed E-state index contributed by atoms with van der Waals surface area (Å²) in [5.41, 5.74) is 2.28. The van der Waals surface area contributed by atoms with E-state index >= 15 is 0 Å². The Balaban J connectivity index is 1.48. The zero-order valence-corrected chi connectivity index (χ0v) is 16.4. The third-order valence-electron chi connectivity index (χ3n) is 4.80. The highest BCUT2D eigenvalue weighted by atomic mass is 15.2. The van der Waals surface area contributed by atoms with E-state index in [2.05, 4.69) is 50.6 Å². The van der Waals surface area contributed by atoms with E-state index in [1.165, 1.54) is 5.56 Å². The summed E-state index contributed by atoms with van der Waals surface area (Å²) in [6.45, 7) is 7.77. The number of pyridine rings is 2. The molecule has 2 N–H and O–H groups in total. The van der Waals surface area contributed by atoms with Gasteiger partial charge in [0.15, 0.2) is 5.96 Å². The molecule has 0 radical (unpaired) electrons. The van der Waals surface area contributed by atoms with Crippen LogP contribution in [0.2, 0.25) is 0 Å². The van der Waals surface area contributed by atoms with Gasteiger partial charge in [-0.2, -0.15) is 0 Å². The maximum atomic E-state index is 4.74. The van der Waals surface area contributed by atoms with Crippen LogP contribution in [-0.2, 0) is 6.42 Å². The molecule has 1 aliphatic heterocycles. The highest BCUT2D eigenvalue weighted by Gasteiger charge is 2.20. The van der Waals surface area contributed by atoms with Gasteiger partial charge in [-0.3, -0.25) is 9.98 Å². The standard InChI is InChI=1S/C21H30N6/c1-3-22-21(24-13-9-18-8-7-17(2)25-16-18)26-19-10-14-27(15-11-19)20-6-4-5-12-23-20/h4-8,12,16,19H,3,9-11,13-15H2,1-2H3,(H2,22,24,26). The first kappa shape index (κ1) is 19.1. The van der Waals surface area contributed by atoms with E-state index in [0.29, 0.717) is 6.04 Å². The van der Waals surface area contributed by atoms with Crippen molar-refractivity contribution in [2.75, 3.05) is 31.1 Å². The van der Waals surface area contributed by atoms with Crippen LogP contribution >= 0.6 is 0 Å². The maximum absolute atomic E-state index is 4.74. The fourth-order valence-corrected chi connectivity index (χ4v) is 3.25. The number of anilines is 1. The smallest absolute Gasteiger partial charge is 0.191 e. The van der Waals surface area contributed by atoms with Crippen molar-refractivity contribution in [2.45, 2.75) is 39.2 Å². The van der Waals surface area contributed by atoms with Gasteiger partial charge in [-0.15, -0.1) is 0 Å². The Morgan fingerprint density at radius 1 is 1.19 bits per heavy atom. The molecule has 3 rings (SSSR count). The van der Waals surface area contributed by atoms with Gasteiger partial charge >= 0.3 is 0 Å². The molecule has 1 fully saturated rings. The van der Waals surface area contributed by atoms with Crippen LogP contribution < -0.4 is 15.5 Å². The molecule has 0 atom stereocenters. The summed E-state index contributed by atoms with van der Waals surface area (Å²) in [6, 6.07) is 10.7. The maximum Gasteiger partial charge on any atom is 0.191 e. The molecule has 27 heavy (non-hydrogen) atoms. The molecule has 0 bridgehead atoms. The summed E-state index contributed by atoms with van der Waals surface area (Å²) in [5.74, 6) is 1.98. The Labute approximate surface area is 162 Å². The zero-order chi connectivity index (χ0) is 18.9. The number of nitrogens with one attached hydrogen (secondary N) is 2. The third-order valence-corrected chi connectivity index (χ3v) is 4.80. The number of nitrogens with zero attached hydrogens (tertiary/aromatic N) is 4. The first-order chi connectivity index (χ1) is 13.2. The summed E-state index contributed by atoms with van der Waals surface area (Å²) in [5, 5.41) is 6.97. The van der Waals surface area contributed by atoms with E-state index in [4.69, 9.17) is 4.99 Å². The monoisotopic (exact) mass is 366 g/mol. The van der Waals surface area contributed by atoms with Gasteiger partial charge in [-0.05, 0) is 56.9 Å². The molecule has 0 aliphatic carbocycles. The lowest BCUT2D eigenvalue weighted by atomic mass is 10.1. The van der Waals surface area contributed by atoms with Gasteiger partial charge in [0.2, 0.25) is 0 Å². The predicted molar refractivity (Wildman–Crippen MR) is 111 cm³/mol. The van der Waals surface area contributed by atoms with Crippen molar-refractivity contribution in [1.29, 1.82) is 0 Å². The predicted octanol–water partition coefficient (Wildman–Crippen LogP) is 2.55. The van der Waals surface area contributed by atoms with Crippen molar-refractivity contribution in [3.63, 3.8) is 0 Å². The normalized spacial score (nSPS) is 15.6. The number of rotatable bonds is 6. The molecule has 0 unspecified atom stereocenters. The summed E-state index contributed by atoms with van der Waals surface area (Å²) in [4.78, 5) is 15.9. The summed E-state index contributed by atoms with van der Waals surface area (Å²) in [6.07, 6.45) is 6.88. The molecule has 2 aromatic heterocycles. The molecule has 0 saturated carbocycles. The second-order valence-corrected chi connectivity index (χ2v) is 6.91. The SMILES string of the molecule is CCNC(=NCCc1ccc(C)nc1)NC1CCN(c2ccccn2)CC1. The molecule has 6 heteroatoms. The average molecular weight is 367 g/mol. The van der Waals surface area contributed by atoms with Gasteiger partial charge in [0.25, 0.3) is 0 Å². The average Bonchev–Trinajstić information content (AvgIpc) is 2.71. The van der Waals surface area contributed by atoms with E-state index in [0.717, 1.165) is 62.9 Å². The number of hydrogen-bond acceptors (Lipinski definition) is 4. The number of aryl methyl sites for hydroxylation is 1. The summed E-state index contributed by atoms with van der Waals surface area (Å²) in [7, 11) is 0. The molecule has 144 valence electrons. The molecule has 1 saturated heterocycles. The molecule has 3 heterocycles. The van der Waals surface area contributed by atoms with E-state index in [1.54, 1.807) is 0 Å². The third kappa shape index (κ3) is 5.94. The van der Waals surface area contributed by atoms with E-state index in [1.807, 2.05) is 31.5 Å². The zero-order valence-electron chi connectivity index (χ0n) is 16.4. The molecular weight excluding hydrogens is 336 g/mol. The molecule has 0 aromatic carbocycles. The lowest BCUT2D eigenvalue weighted by Crippen LogP contribution is -2.49. The van der Waals surface area contributed by atoms with Gasteiger partial charge in [0.1, 0.15) is 5.82 Å². The van der Waals surface area contributed by atoms with Crippen LogP contribution in [0.1, 0.15) is 31.0 Å². The molecule has 2 aromatic rings. The largest absolute Gasteiger partial charge is 0.357 e. The fourth-order valence-electron chi connectivity index (χ4n) is 3.25. The van der Waals surface area contributed by atoms with Gasteiger partial charge in [-0.1, -0.05) is 12.1 Å². The Hall–Kier alpha value is -2.63. The molecule has 6 nitrogen and oxygen atoms in total.